The lowest BCUT2D eigenvalue weighted by atomic mass is 10.1. The van der Waals surface area contributed by atoms with E-state index in [-0.39, 0.29) is 11.8 Å². The number of benzene rings is 1. The van der Waals surface area contributed by atoms with E-state index in [0.29, 0.717) is 10.3 Å². The van der Waals surface area contributed by atoms with Crippen LogP contribution in [0, 0.1) is 6.92 Å². The third-order valence-corrected chi connectivity index (χ3v) is 2.34. The second-order valence-corrected chi connectivity index (χ2v) is 3.54. The molecule has 1 heterocycles. The van der Waals surface area contributed by atoms with Gasteiger partial charge >= 0.3 is 5.97 Å². The molecule has 0 fully saturated rings. The van der Waals surface area contributed by atoms with Crippen molar-refractivity contribution in [3.63, 3.8) is 0 Å². The first kappa shape index (κ1) is 11.1. The minimum absolute atomic E-state index is 0.343. The average Bonchev–Trinajstić information content (AvgIpc) is 2.61. The molecule has 0 aliphatic carbocycles. The molecule has 2 aromatic rings. The van der Waals surface area contributed by atoms with E-state index < -0.39 is 5.97 Å². The quantitative estimate of drug-likeness (QED) is 0.824. The van der Waals surface area contributed by atoms with Crippen LogP contribution in [0.5, 0.6) is 11.8 Å². The Kier molecular flexibility index (Phi) is 2.74. The molecule has 2 N–H and O–H groups in total. The first-order valence-electron chi connectivity index (χ1n) is 4.97. The zero-order valence-electron chi connectivity index (χ0n) is 9.12. The summed E-state index contributed by atoms with van der Waals surface area (Å²) < 4.78 is 0.661. The Morgan fingerprint density at radius 3 is 2.29 bits per heavy atom. The summed E-state index contributed by atoms with van der Waals surface area (Å²) >= 11 is 0. The molecule has 0 saturated heterocycles. The van der Waals surface area contributed by atoms with Crippen LogP contribution in [0.2, 0.25) is 0 Å². The second-order valence-electron chi connectivity index (χ2n) is 3.54. The van der Waals surface area contributed by atoms with Crippen LogP contribution in [-0.4, -0.2) is 20.9 Å². The molecule has 0 saturated carbocycles. The molecule has 1 aromatic heterocycles. The number of nitrogens with zero attached hydrogens (tertiary/aromatic N) is 1. The summed E-state index contributed by atoms with van der Waals surface area (Å²) in [6.45, 7) is 1.77. The predicted molar refractivity (Wildman–Crippen MR) is 59.9 cm³/mol. The zero-order chi connectivity index (χ0) is 12.4. The van der Waals surface area contributed by atoms with Crippen molar-refractivity contribution in [1.82, 2.24) is 4.73 Å². The van der Waals surface area contributed by atoms with Gasteiger partial charge in [0.1, 0.15) is 0 Å². The van der Waals surface area contributed by atoms with Gasteiger partial charge in [-0.2, -0.15) is 0 Å². The van der Waals surface area contributed by atoms with Gasteiger partial charge in [-0.25, -0.2) is 4.79 Å². The number of aryl methyl sites for hydroxylation is 1. The van der Waals surface area contributed by atoms with E-state index in [1.165, 1.54) is 12.1 Å². The summed E-state index contributed by atoms with van der Waals surface area (Å²) in [5, 5.41) is 18.6. The van der Waals surface area contributed by atoms with E-state index in [9.17, 15) is 15.0 Å². The summed E-state index contributed by atoms with van der Waals surface area (Å²) in [5.74, 6) is -1.33. The minimum atomic E-state index is -0.648. The van der Waals surface area contributed by atoms with Crippen molar-refractivity contribution in [1.29, 1.82) is 0 Å². The molecular weight excluding hydrogens is 222 g/mol. The first-order chi connectivity index (χ1) is 8.09. The highest BCUT2D eigenvalue weighted by Crippen LogP contribution is 2.19. The maximum absolute atomic E-state index is 11.8. The lowest BCUT2D eigenvalue weighted by Crippen LogP contribution is -2.19. The number of aromatic nitrogens is 1. The van der Waals surface area contributed by atoms with Crippen molar-refractivity contribution in [2.45, 2.75) is 6.92 Å². The van der Waals surface area contributed by atoms with Crippen LogP contribution in [0.15, 0.2) is 36.4 Å². The molecule has 1 aromatic carbocycles. The number of aromatic hydroxyl groups is 2. The molecule has 0 spiro atoms. The topological polar surface area (TPSA) is 71.7 Å². The molecule has 0 aliphatic rings. The largest absolute Gasteiger partial charge is 0.492 e. The van der Waals surface area contributed by atoms with Crippen LogP contribution in [0.1, 0.15) is 15.9 Å². The Hall–Kier alpha value is -2.43. The van der Waals surface area contributed by atoms with Gasteiger partial charge in [-0.1, -0.05) is 18.2 Å². The van der Waals surface area contributed by atoms with Gasteiger partial charge in [0.05, 0.1) is 5.56 Å². The number of hydrogen-bond donors (Lipinski definition) is 2. The summed E-state index contributed by atoms with van der Waals surface area (Å²) in [5.41, 5.74) is 1.13. The highest BCUT2D eigenvalue weighted by Gasteiger charge is 2.15. The summed E-state index contributed by atoms with van der Waals surface area (Å²) in [6, 6.07) is 9.33. The third kappa shape index (κ3) is 2.08. The smallest absolute Gasteiger partial charge is 0.364 e. The van der Waals surface area contributed by atoms with E-state index in [2.05, 4.69) is 0 Å². The van der Waals surface area contributed by atoms with Gasteiger partial charge in [-0.15, -0.1) is 4.73 Å². The molecule has 0 radical (unpaired) electrons. The number of rotatable bonds is 2. The fourth-order valence-corrected chi connectivity index (χ4v) is 1.43. The third-order valence-electron chi connectivity index (χ3n) is 2.34. The molecule has 17 heavy (non-hydrogen) atoms. The minimum Gasteiger partial charge on any atom is -0.492 e. The van der Waals surface area contributed by atoms with Crippen LogP contribution in [0.3, 0.4) is 0 Å². The maximum Gasteiger partial charge on any atom is 0.364 e. The molecule has 0 amide bonds. The normalized spacial score (nSPS) is 10.2. The van der Waals surface area contributed by atoms with Crippen LogP contribution >= 0.6 is 0 Å². The fraction of sp³-hybridized carbons (Fsp3) is 0.0833. The predicted octanol–water partition coefficient (Wildman–Crippen LogP) is 1.48. The van der Waals surface area contributed by atoms with Gasteiger partial charge in [0, 0.05) is 12.1 Å². The second kappa shape index (κ2) is 4.21. The Balaban J connectivity index is 2.27. The fourth-order valence-electron chi connectivity index (χ4n) is 1.43. The van der Waals surface area contributed by atoms with Crippen molar-refractivity contribution >= 4 is 5.97 Å². The molecule has 5 nitrogen and oxygen atoms in total. The molecule has 0 atom stereocenters. The van der Waals surface area contributed by atoms with Gasteiger partial charge in [0.15, 0.2) is 0 Å². The van der Waals surface area contributed by atoms with Gasteiger partial charge in [-0.3, -0.25) is 0 Å². The highest BCUT2D eigenvalue weighted by atomic mass is 16.7. The van der Waals surface area contributed by atoms with Crippen LogP contribution in [-0.2, 0) is 0 Å². The first-order valence-corrected chi connectivity index (χ1v) is 4.97. The molecule has 88 valence electrons. The van der Waals surface area contributed by atoms with Crippen LogP contribution in [0.4, 0.5) is 0 Å². The van der Waals surface area contributed by atoms with E-state index in [0.717, 1.165) is 5.56 Å². The Bertz CT molecular complexity index is 540. The van der Waals surface area contributed by atoms with E-state index >= 15 is 0 Å². The number of carbonyl (C=O) groups excluding carboxylic acids is 1. The molecule has 0 unspecified atom stereocenters. The van der Waals surface area contributed by atoms with E-state index in [1.54, 1.807) is 31.2 Å². The molecule has 0 aliphatic heterocycles. The van der Waals surface area contributed by atoms with Gasteiger partial charge in [0.2, 0.25) is 11.8 Å². The Morgan fingerprint density at radius 1 is 1.12 bits per heavy atom. The van der Waals surface area contributed by atoms with Crippen LogP contribution < -0.4 is 4.84 Å². The van der Waals surface area contributed by atoms with Crippen molar-refractivity contribution in [3.05, 3.63) is 47.5 Å². The Labute approximate surface area is 97.5 Å². The summed E-state index contributed by atoms with van der Waals surface area (Å²) in [4.78, 5) is 16.6. The molecular formula is C12H11NO4. The highest BCUT2D eigenvalue weighted by molar-refractivity contribution is 5.91. The molecule has 0 bridgehead atoms. The number of hydrogen-bond acceptors (Lipinski definition) is 4. The zero-order valence-corrected chi connectivity index (χ0v) is 9.12. The van der Waals surface area contributed by atoms with E-state index in [4.69, 9.17) is 4.84 Å². The van der Waals surface area contributed by atoms with Crippen molar-refractivity contribution < 1.29 is 19.8 Å². The van der Waals surface area contributed by atoms with Crippen molar-refractivity contribution in [2.24, 2.45) is 0 Å². The van der Waals surface area contributed by atoms with Crippen molar-refractivity contribution in [3.8, 4) is 11.8 Å². The standard InChI is InChI=1S/C12H11NO4/c1-8-4-2-3-5-9(8)12(16)17-13-10(14)6-7-11(13)15/h2-7,14-15H,1H3. The molecule has 2 rings (SSSR count). The Morgan fingerprint density at radius 2 is 1.71 bits per heavy atom. The lowest BCUT2D eigenvalue weighted by Gasteiger charge is -2.08. The van der Waals surface area contributed by atoms with Gasteiger partial charge < -0.3 is 15.1 Å². The molecule has 5 heteroatoms. The summed E-state index contributed by atoms with van der Waals surface area (Å²) in [7, 11) is 0. The van der Waals surface area contributed by atoms with Gasteiger partial charge in [-0.05, 0) is 18.6 Å². The monoisotopic (exact) mass is 233 g/mol. The van der Waals surface area contributed by atoms with Crippen LogP contribution in [0.25, 0.3) is 0 Å². The average molecular weight is 233 g/mol. The summed E-state index contributed by atoms with van der Waals surface area (Å²) in [6.07, 6.45) is 0. The SMILES string of the molecule is Cc1ccccc1C(=O)On1c(O)ccc1O. The van der Waals surface area contributed by atoms with Gasteiger partial charge in [0.25, 0.3) is 0 Å². The van der Waals surface area contributed by atoms with E-state index in [1.807, 2.05) is 0 Å². The number of carbonyl (C=O) groups is 1. The van der Waals surface area contributed by atoms with Crippen molar-refractivity contribution in [2.75, 3.05) is 0 Å². The maximum atomic E-state index is 11.8. The lowest BCUT2D eigenvalue weighted by molar-refractivity contribution is 0.0381.